The second-order valence-corrected chi connectivity index (χ2v) is 7.13. The van der Waals surface area contributed by atoms with E-state index in [4.69, 9.17) is 4.74 Å². The summed E-state index contributed by atoms with van der Waals surface area (Å²) in [6, 6.07) is 12.8. The lowest BCUT2D eigenvalue weighted by molar-refractivity contribution is -0.137. The number of carbonyl (C=O) groups excluding carboxylic acids is 3. The van der Waals surface area contributed by atoms with Gasteiger partial charge in [-0.25, -0.2) is 4.79 Å². The molecule has 0 atom stereocenters. The molecule has 6 heteroatoms. The van der Waals surface area contributed by atoms with Gasteiger partial charge in [0, 0.05) is 12.2 Å². The van der Waals surface area contributed by atoms with Gasteiger partial charge in [-0.05, 0) is 51.0 Å². The average Bonchev–Trinajstić information content (AvgIpc) is 2.66. The third kappa shape index (κ3) is 6.75. The van der Waals surface area contributed by atoms with E-state index >= 15 is 0 Å². The van der Waals surface area contributed by atoms with Gasteiger partial charge in [-0.1, -0.05) is 42.3 Å². The zero-order valence-corrected chi connectivity index (χ0v) is 17.5. The largest absolute Gasteiger partial charge is 0.452 e. The van der Waals surface area contributed by atoms with Crippen molar-refractivity contribution in [1.29, 1.82) is 0 Å². The Kier molecular flexibility index (Phi) is 7.95. The summed E-state index contributed by atoms with van der Waals surface area (Å²) < 4.78 is 5.18. The minimum atomic E-state index is -0.550. The number of benzene rings is 2. The Bertz CT molecular complexity index is 872. The molecule has 6 nitrogen and oxygen atoms in total. The zero-order chi connectivity index (χ0) is 21.4. The molecule has 0 aliphatic heterocycles. The van der Waals surface area contributed by atoms with Gasteiger partial charge in [0.25, 0.3) is 5.91 Å². The van der Waals surface area contributed by atoms with Gasteiger partial charge in [-0.15, -0.1) is 0 Å². The van der Waals surface area contributed by atoms with Gasteiger partial charge in [-0.3, -0.25) is 9.59 Å². The molecule has 0 heterocycles. The molecule has 29 heavy (non-hydrogen) atoms. The lowest BCUT2D eigenvalue weighted by atomic mass is 10.1. The van der Waals surface area contributed by atoms with Crippen LogP contribution in [-0.2, 0) is 14.3 Å². The first-order valence-electron chi connectivity index (χ1n) is 9.68. The van der Waals surface area contributed by atoms with Crippen LogP contribution in [0.1, 0.15) is 40.4 Å². The smallest absolute Gasteiger partial charge is 0.338 e. The van der Waals surface area contributed by atoms with Gasteiger partial charge in [-0.2, -0.15) is 0 Å². The summed E-state index contributed by atoms with van der Waals surface area (Å²) in [4.78, 5) is 38.6. The van der Waals surface area contributed by atoms with Crippen molar-refractivity contribution in [2.45, 2.75) is 34.1 Å². The first-order valence-corrected chi connectivity index (χ1v) is 9.68. The minimum Gasteiger partial charge on any atom is -0.452 e. The lowest BCUT2D eigenvalue weighted by Gasteiger charge is -2.21. The van der Waals surface area contributed by atoms with Gasteiger partial charge in [0.1, 0.15) is 0 Å². The van der Waals surface area contributed by atoms with Crippen LogP contribution in [-0.4, -0.2) is 42.4 Å². The van der Waals surface area contributed by atoms with E-state index in [0.29, 0.717) is 24.2 Å². The van der Waals surface area contributed by atoms with Crippen LogP contribution in [0.2, 0.25) is 0 Å². The highest BCUT2D eigenvalue weighted by Gasteiger charge is 2.19. The van der Waals surface area contributed by atoms with Crippen LogP contribution in [0.3, 0.4) is 0 Å². The number of nitrogens with zero attached hydrogens (tertiary/aromatic N) is 1. The fourth-order valence-corrected chi connectivity index (χ4v) is 3.03. The maximum atomic E-state index is 12.5. The van der Waals surface area contributed by atoms with E-state index in [1.54, 1.807) is 12.1 Å². The number of aryl methyl sites for hydroxylation is 3. The van der Waals surface area contributed by atoms with E-state index in [-0.39, 0.29) is 12.5 Å². The van der Waals surface area contributed by atoms with E-state index in [9.17, 15) is 14.4 Å². The Morgan fingerprint density at radius 1 is 1.00 bits per heavy atom. The van der Waals surface area contributed by atoms with Crippen molar-refractivity contribution < 1.29 is 19.1 Å². The van der Waals surface area contributed by atoms with Crippen molar-refractivity contribution in [3.05, 3.63) is 64.7 Å². The highest BCUT2D eigenvalue weighted by Crippen LogP contribution is 2.13. The summed E-state index contributed by atoms with van der Waals surface area (Å²) in [7, 11) is 0. The fraction of sp³-hybridized carbons (Fsp3) is 0.348. The second-order valence-electron chi connectivity index (χ2n) is 7.13. The van der Waals surface area contributed by atoms with Crippen molar-refractivity contribution >= 4 is 23.5 Å². The van der Waals surface area contributed by atoms with Crippen LogP contribution < -0.4 is 5.32 Å². The summed E-state index contributed by atoms with van der Waals surface area (Å²) >= 11 is 0. The summed E-state index contributed by atoms with van der Waals surface area (Å²) in [5.74, 6) is -1.24. The zero-order valence-electron chi connectivity index (χ0n) is 17.5. The molecule has 0 unspecified atom stereocenters. The predicted molar refractivity (Wildman–Crippen MR) is 113 cm³/mol. The van der Waals surface area contributed by atoms with Crippen molar-refractivity contribution in [3.63, 3.8) is 0 Å². The fourth-order valence-electron chi connectivity index (χ4n) is 3.03. The Hall–Kier alpha value is -3.15. The maximum Gasteiger partial charge on any atom is 0.338 e. The first-order chi connectivity index (χ1) is 13.8. The molecule has 0 bridgehead atoms. The first kappa shape index (κ1) is 22.1. The molecule has 0 aliphatic rings. The van der Waals surface area contributed by atoms with E-state index in [0.717, 1.165) is 16.7 Å². The average molecular weight is 396 g/mol. The SMILES string of the molecule is CCCN(CC(=O)Nc1ccccc1C)C(=O)COC(=O)c1cc(C)cc(C)c1. The topological polar surface area (TPSA) is 75.7 Å². The number of anilines is 1. The molecule has 0 saturated heterocycles. The van der Waals surface area contributed by atoms with E-state index in [1.165, 1.54) is 4.90 Å². The van der Waals surface area contributed by atoms with Crippen LogP contribution >= 0.6 is 0 Å². The predicted octanol–water partition coefficient (Wildman–Crippen LogP) is 3.65. The third-order valence-electron chi connectivity index (χ3n) is 4.38. The van der Waals surface area contributed by atoms with Crippen LogP contribution in [0.5, 0.6) is 0 Å². The molecule has 0 radical (unpaired) electrons. The number of nitrogens with one attached hydrogen (secondary N) is 1. The summed E-state index contributed by atoms with van der Waals surface area (Å²) in [6.45, 7) is 7.51. The molecule has 2 aromatic carbocycles. The van der Waals surface area contributed by atoms with E-state index < -0.39 is 18.5 Å². The molecule has 0 fully saturated rings. The number of hydrogen-bond donors (Lipinski definition) is 1. The van der Waals surface area contributed by atoms with Gasteiger partial charge >= 0.3 is 5.97 Å². The molecule has 0 aromatic heterocycles. The number of esters is 1. The molecular formula is C23H28N2O4. The van der Waals surface area contributed by atoms with Crippen LogP contribution in [0.25, 0.3) is 0 Å². The number of amides is 2. The number of carbonyl (C=O) groups is 3. The molecule has 1 N–H and O–H groups in total. The monoisotopic (exact) mass is 396 g/mol. The quantitative estimate of drug-likeness (QED) is 0.691. The normalized spacial score (nSPS) is 10.3. The van der Waals surface area contributed by atoms with Crippen molar-refractivity contribution in [3.8, 4) is 0 Å². The number of para-hydroxylation sites is 1. The van der Waals surface area contributed by atoms with Crippen molar-refractivity contribution in [1.82, 2.24) is 4.90 Å². The van der Waals surface area contributed by atoms with Crippen molar-refractivity contribution in [2.75, 3.05) is 25.0 Å². The Labute approximate surface area is 171 Å². The Morgan fingerprint density at radius 3 is 2.28 bits per heavy atom. The van der Waals surface area contributed by atoms with Gasteiger partial charge in [0.15, 0.2) is 6.61 Å². The molecule has 0 saturated carbocycles. The molecule has 0 aliphatic carbocycles. The minimum absolute atomic E-state index is 0.0951. The molecule has 2 amide bonds. The highest BCUT2D eigenvalue weighted by atomic mass is 16.5. The standard InChI is InChI=1S/C23H28N2O4/c1-5-10-25(14-21(26)24-20-9-7-6-8-18(20)4)22(27)15-29-23(28)19-12-16(2)11-17(3)13-19/h6-9,11-13H,5,10,14-15H2,1-4H3,(H,24,26). The molecule has 2 rings (SSSR count). The summed E-state index contributed by atoms with van der Waals surface area (Å²) in [5.41, 5.74) is 3.96. The van der Waals surface area contributed by atoms with Gasteiger partial charge in [0.2, 0.25) is 5.91 Å². The van der Waals surface area contributed by atoms with Gasteiger partial charge < -0.3 is 15.0 Å². The van der Waals surface area contributed by atoms with Gasteiger partial charge in [0.05, 0.1) is 12.1 Å². The van der Waals surface area contributed by atoms with Crippen LogP contribution in [0.15, 0.2) is 42.5 Å². The van der Waals surface area contributed by atoms with E-state index in [1.807, 2.05) is 58.0 Å². The van der Waals surface area contributed by atoms with Crippen molar-refractivity contribution in [2.24, 2.45) is 0 Å². The van der Waals surface area contributed by atoms with Crippen LogP contribution in [0, 0.1) is 20.8 Å². The molecule has 2 aromatic rings. The number of hydrogen-bond acceptors (Lipinski definition) is 4. The Balaban J connectivity index is 1.95. The molecular weight excluding hydrogens is 368 g/mol. The molecule has 0 spiro atoms. The molecule has 154 valence electrons. The second kappa shape index (κ2) is 10.4. The number of rotatable bonds is 8. The maximum absolute atomic E-state index is 12.5. The summed E-state index contributed by atoms with van der Waals surface area (Å²) in [6.07, 6.45) is 0.689. The van der Waals surface area contributed by atoms with Crippen LogP contribution in [0.4, 0.5) is 5.69 Å². The van der Waals surface area contributed by atoms with E-state index in [2.05, 4.69) is 5.32 Å². The third-order valence-corrected chi connectivity index (χ3v) is 4.38. The Morgan fingerprint density at radius 2 is 1.66 bits per heavy atom. The lowest BCUT2D eigenvalue weighted by Crippen LogP contribution is -2.40. The number of ether oxygens (including phenoxy) is 1. The summed E-state index contributed by atoms with van der Waals surface area (Å²) in [5, 5.41) is 2.82. The highest BCUT2D eigenvalue weighted by molar-refractivity contribution is 5.96.